The highest BCUT2D eigenvalue weighted by molar-refractivity contribution is 7.02. The number of nitrogens with zero attached hydrogens (tertiary/aromatic N) is 2. The molecule has 9 aromatic rings. The average molecular weight is 975 g/mol. The molecule has 368 valence electrons. The molecular formula is C69H64B2N2O2. The summed E-state index contributed by atoms with van der Waals surface area (Å²) >= 11 is 0. The molecule has 0 aromatic heterocycles. The molecule has 9 aromatic carbocycles. The van der Waals surface area contributed by atoms with E-state index in [0.717, 1.165) is 105 Å². The number of ether oxygens (including phenoxy) is 2. The molecule has 0 fully saturated rings. The van der Waals surface area contributed by atoms with E-state index in [1.54, 1.807) is 0 Å². The van der Waals surface area contributed by atoms with Crippen molar-refractivity contribution in [1.82, 2.24) is 0 Å². The normalized spacial score (nSPS) is 13.6. The van der Waals surface area contributed by atoms with Crippen molar-refractivity contribution in [2.75, 3.05) is 9.80 Å². The summed E-state index contributed by atoms with van der Waals surface area (Å²) in [4.78, 5) is 5.02. The lowest BCUT2D eigenvalue weighted by atomic mass is 9.31. The monoisotopic (exact) mass is 975 g/mol. The van der Waals surface area contributed by atoms with Crippen LogP contribution in [0, 0.1) is 0 Å². The molecule has 0 saturated heterocycles. The smallest absolute Gasteiger partial charge is 0.256 e. The zero-order valence-corrected chi connectivity index (χ0v) is 44.9. The minimum absolute atomic E-state index is 0.0571. The molecule has 0 saturated carbocycles. The fraction of sp³-hybridized carbons (Fsp3) is 0.217. The summed E-state index contributed by atoms with van der Waals surface area (Å²) in [7, 11) is 0. The molecule has 13 rings (SSSR count). The second kappa shape index (κ2) is 18.0. The average Bonchev–Trinajstić information content (AvgIpc) is 3.49. The molecule has 75 heavy (non-hydrogen) atoms. The highest BCUT2D eigenvalue weighted by Crippen LogP contribution is 2.54. The first-order chi connectivity index (χ1) is 36.4. The first kappa shape index (κ1) is 47.1. The Morgan fingerprint density at radius 2 is 0.800 bits per heavy atom. The van der Waals surface area contributed by atoms with Gasteiger partial charge in [0.15, 0.2) is 0 Å². The quantitative estimate of drug-likeness (QED) is 0.135. The Hall–Kier alpha value is -7.69. The topological polar surface area (TPSA) is 24.9 Å². The molecule has 6 heteroatoms. The van der Waals surface area contributed by atoms with Gasteiger partial charge in [-0.3, -0.25) is 0 Å². The van der Waals surface area contributed by atoms with Crippen molar-refractivity contribution < 1.29 is 9.47 Å². The van der Waals surface area contributed by atoms with Crippen molar-refractivity contribution in [1.29, 1.82) is 0 Å². The van der Waals surface area contributed by atoms with Gasteiger partial charge in [-0.25, -0.2) is 0 Å². The number of hydrogen-bond acceptors (Lipinski definition) is 4. The van der Waals surface area contributed by atoms with E-state index in [2.05, 4.69) is 242 Å². The van der Waals surface area contributed by atoms with Crippen LogP contribution in [0.1, 0.15) is 102 Å². The van der Waals surface area contributed by atoms with Gasteiger partial charge >= 0.3 is 0 Å². The van der Waals surface area contributed by atoms with Crippen molar-refractivity contribution in [2.24, 2.45) is 0 Å². The van der Waals surface area contributed by atoms with E-state index in [0.29, 0.717) is 5.92 Å². The molecule has 0 radical (unpaired) electrons. The molecule has 0 atom stereocenters. The molecule has 0 N–H and O–H groups in total. The Morgan fingerprint density at radius 1 is 0.413 bits per heavy atom. The van der Waals surface area contributed by atoms with Crippen LogP contribution in [0.25, 0.3) is 22.3 Å². The van der Waals surface area contributed by atoms with Gasteiger partial charge in [-0.05, 0) is 163 Å². The van der Waals surface area contributed by atoms with Crippen LogP contribution in [0.3, 0.4) is 0 Å². The molecule has 0 bridgehead atoms. The molecule has 4 heterocycles. The largest absolute Gasteiger partial charge is 0.456 e. The summed E-state index contributed by atoms with van der Waals surface area (Å²) in [5.74, 6) is 3.99. The van der Waals surface area contributed by atoms with Crippen LogP contribution in [-0.4, -0.2) is 13.4 Å². The maximum Gasteiger partial charge on any atom is 0.256 e. The molecule has 0 spiro atoms. The lowest BCUT2D eigenvalue weighted by molar-refractivity contribution is 0.477. The van der Waals surface area contributed by atoms with Gasteiger partial charge in [-0.15, -0.1) is 0 Å². The zero-order valence-electron chi connectivity index (χ0n) is 44.9. The Kier molecular flexibility index (Phi) is 11.3. The van der Waals surface area contributed by atoms with Crippen LogP contribution in [0.2, 0.25) is 0 Å². The van der Waals surface area contributed by atoms with E-state index in [4.69, 9.17) is 9.47 Å². The summed E-state index contributed by atoms with van der Waals surface area (Å²) in [6, 6.07) is 64.9. The highest BCUT2D eigenvalue weighted by atomic mass is 16.5. The van der Waals surface area contributed by atoms with Crippen LogP contribution >= 0.6 is 0 Å². The molecule has 0 unspecified atom stereocenters. The number of hydrogen-bond donors (Lipinski definition) is 0. The first-order valence-corrected chi connectivity index (χ1v) is 27.6. The number of benzene rings is 9. The molecule has 4 aliphatic heterocycles. The van der Waals surface area contributed by atoms with Gasteiger partial charge in [0.05, 0.1) is 11.4 Å². The summed E-state index contributed by atoms with van der Waals surface area (Å²) in [5.41, 5.74) is 26.4. The Balaban J connectivity index is 1.14. The summed E-state index contributed by atoms with van der Waals surface area (Å²) < 4.78 is 15.6. The third-order valence-corrected chi connectivity index (χ3v) is 16.8. The predicted molar refractivity (Wildman–Crippen MR) is 319 cm³/mol. The number of aryl methyl sites for hydroxylation is 4. The van der Waals surface area contributed by atoms with Crippen LogP contribution in [0.15, 0.2) is 170 Å². The van der Waals surface area contributed by atoms with Gasteiger partial charge in [0.2, 0.25) is 0 Å². The van der Waals surface area contributed by atoms with Crippen LogP contribution < -0.4 is 52.1 Å². The Morgan fingerprint density at radius 3 is 1.19 bits per heavy atom. The molecule has 0 amide bonds. The van der Waals surface area contributed by atoms with Gasteiger partial charge in [-0.2, -0.15) is 0 Å². The van der Waals surface area contributed by atoms with Gasteiger partial charge in [0, 0.05) is 33.7 Å². The Bertz CT molecular complexity index is 3720. The maximum absolute atomic E-state index is 7.79. The lowest BCUT2D eigenvalue weighted by Gasteiger charge is -2.47. The zero-order chi connectivity index (χ0) is 51.4. The van der Waals surface area contributed by atoms with Crippen molar-refractivity contribution in [3.8, 4) is 45.3 Å². The van der Waals surface area contributed by atoms with Crippen LogP contribution in [0.4, 0.5) is 34.1 Å². The summed E-state index contributed by atoms with van der Waals surface area (Å²) in [5, 5.41) is 0. The maximum atomic E-state index is 7.79. The van der Waals surface area contributed by atoms with Gasteiger partial charge in [-0.1, -0.05) is 184 Å². The number of rotatable bonds is 9. The molecule has 4 nitrogen and oxygen atoms in total. The van der Waals surface area contributed by atoms with Crippen molar-refractivity contribution >= 4 is 80.3 Å². The molecular weight excluding hydrogens is 910 g/mol. The lowest BCUT2D eigenvalue weighted by Crippen LogP contribution is -2.64. The van der Waals surface area contributed by atoms with E-state index >= 15 is 0 Å². The highest BCUT2D eigenvalue weighted by Gasteiger charge is 2.52. The van der Waals surface area contributed by atoms with E-state index in [1.807, 2.05) is 0 Å². The third kappa shape index (κ3) is 7.57. The molecule has 0 aliphatic carbocycles. The Labute approximate surface area is 445 Å². The SMILES string of the molecule is CCc1ccc(N2c3ccc(CC)cc3B3c4cc(-c5ccc(C(C)(C)C)cc5)ccc4Oc4c3c2c2c3c4N(c4ccc(CC)cc4)c4ccc(CC)cc4B3c3cc(-c4ccc(C(C)C)cc4)ccc3O2)cc1. The fourth-order valence-corrected chi connectivity index (χ4v) is 12.5. The van der Waals surface area contributed by atoms with E-state index in [9.17, 15) is 0 Å². The summed E-state index contributed by atoms with van der Waals surface area (Å²) in [6.07, 6.45) is 3.77. The van der Waals surface area contributed by atoms with Crippen LogP contribution in [-0.2, 0) is 31.1 Å². The van der Waals surface area contributed by atoms with Crippen molar-refractivity contribution in [2.45, 2.75) is 99.3 Å². The van der Waals surface area contributed by atoms with E-state index < -0.39 is 0 Å². The third-order valence-electron chi connectivity index (χ3n) is 16.8. The second-order valence-corrected chi connectivity index (χ2v) is 22.6. The number of fused-ring (bicyclic) bond motifs is 10. The minimum Gasteiger partial charge on any atom is -0.456 e. The summed E-state index contributed by atoms with van der Waals surface area (Å²) in [6.45, 7) is 20.0. The van der Waals surface area contributed by atoms with Gasteiger partial charge < -0.3 is 19.3 Å². The standard InChI is InChI=1S/C69H64B2N2O2/c1-10-43-14-30-53(31-15-43)72-59-34-18-45(12-3)38-55(59)70-57-40-50(48-22-20-47(21-23-48)42(5)6)26-36-61(57)74-67-63(70)65(72)68-64-66(67)73(54-32-16-44(11-2)17-33-54)60-35-19-46(13-4)39-56(60)71(64)58-41-51(27-37-62(58)75-68)49-24-28-52(29-25-49)69(7,8)9/h14-42H,10-13H2,1-9H3. The minimum atomic E-state index is -0.172. The van der Waals surface area contributed by atoms with Crippen LogP contribution in [0.5, 0.6) is 23.0 Å². The number of anilines is 6. The second-order valence-electron chi connectivity index (χ2n) is 22.6. The van der Waals surface area contributed by atoms with Crippen molar-refractivity contribution in [3.05, 3.63) is 203 Å². The molecule has 4 aliphatic rings. The first-order valence-electron chi connectivity index (χ1n) is 27.6. The fourth-order valence-electron chi connectivity index (χ4n) is 12.5. The van der Waals surface area contributed by atoms with E-state index in [1.165, 1.54) is 66.6 Å². The van der Waals surface area contributed by atoms with Gasteiger partial charge in [0.25, 0.3) is 13.4 Å². The predicted octanol–water partition coefficient (Wildman–Crippen LogP) is 14.5. The van der Waals surface area contributed by atoms with E-state index in [-0.39, 0.29) is 18.8 Å². The van der Waals surface area contributed by atoms with Gasteiger partial charge in [0.1, 0.15) is 23.0 Å². The van der Waals surface area contributed by atoms with Crippen molar-refractivity contribution in [3.63, 3.8) is 0 Å².